The van der Waals surface area contributed by atoms with Crippen LogP contribution < -0.4 is 20.1 Å². The van der Waals surface area contributed by atoms with E-state index in [-0.39, 0.29) is 36.6 Å². The Morgan fingerprint density at radius 2 is 2.00 bits per heavy atom. The second-order valence-electron chi connectivity index (χ2n) is 6.96. The predicted octanol–water partition coefficient (Wildman–Crippen LogP) is 2.35. The van der Waals surface area contributed by atoms with Crippen LogP contribution in [-0.2, 0) is 6.54 Å². The maximum atomic E-state index is 10.6. The van der Waals surface area contributed by atoms with E-state index in [9.17, 15) is 5.11 Å². The summed E-state index contributed by atoms with van der Waals surface area (Å²) in [6, 6.07) is 5.38. The van der Waals surface area contributed by atoms with Crippen molar-refractivity contribution in [1.29, 1.82) is 0 Å². The van der Waals surface area contributed by atoms with Gasteiger partial charge in [-0.1, -0.05) is 0 Å². The molecule has 0 fully saturated rings. The minimum Gasteiger partial charge on any atom is -0.497 e. The topological polar surface area (TPSA) is 106 Å². The van der Waals surface area contributed by atoms with Gasteiger partial charge in [0.15, 0.2) is 5.96 Å². The number of ether oxygens (including phenoxy) is 2. The van der Waals surface area contributed by atoms with Crippen molar-refractivity contribution in [2.24, 2.45) is 4.99 Å². The number of aliphatic imine (C=N–C) groups is 1. The first-order valence-corrected chi connectivity index (χ1v) is 9.91. The smallest absolute Gasteiger partial charge is 0.191 e. The number of hydrogen-bond acceptors (Lipinski definition) is 6. The van der Waals surface area contributed by atoms with E-state index >= 15 is 0 Å². The van der Waals surface area contributed by atoms with Crippen molar-refractivity contribution < 1.29 is 14.6 Å². The minimum absolute atomic E-state index is 0. The minimum atomic E-state index is -0.785. The van der Waals surface area contributed by atoms with Crippen molar-refractivity contribution in [3.8, 4) is 11.5 Å². The summed E-state index contributed by atoms with van der Waals surface area (Å²) >= 11 is 0. The summed E-state index contributed by atoms with van der Waals surface area (Å²) < 4.78 is 12.5. The molecular weight excluding hydrogens is 499 g/mol. The summed E-state index contributed by atoms with van der Waals surface area (Å²) in [5.74, 6) is 3.60. The van der Waals surface area contributed by atoms with Crippen molar-refractivity contribution in [2.75, 3.05) is 27.3 Å². The molecule has 2 aromatic rings. The van der Waals surface area contributed by atoms with Gasteiger partial charge in [0, 0.05) is 19.2 Å². The van der Waals surface area contributed by atoms with Gasteiger partial charge in [0.1, 0.15) is 23.1 Å². The number of aliphatic hydroxyl groups is 1. The summed E-state index contributed by atoms with van der Waals surface area (Å²) in [6.07, 6.45) is 1.20. The Labute approximate surface area is 194 Å². The zero-order chi connectivity index (χ0) is 20.8. The lowest BCUT2D eigenvalue weighted by molar-refractivity contribution is 0.186. The largest absolute Gasteiger partial charge is 0.497 e. The van der Waals surface area contributed by atoms with E-state index in [1.165, 1.54) is 0 Å². The first-order valence-electron chi connectivity index (χ1n) is 9.91. The lowest BCUT2D eigenvalue weighted by Crippen LogP contribution is -2.41. The summed E-state index contributed by atoms with van der Waals surface area (Å²) in [5.41, 5.74) is 0.689. The second-order valence-corrected chi connectivity index (χ2v) is 6.96. The highest BCUT2D eigenvalue weighted by molar-refractivity contribution is 14.0. The standard InChI is InChI=1S/C20H30N6O3.HI/c1-5-21-20(24-17-7-6-8-26-19(17)23-13(2)25-26)22-12-18(27)14-9-15(28-3)11-16(10-14)29-4;/h9-11,17-18,27H,5-8,12H2,1-4H3,(H2,21,22,24);1H. The normalized spacial score (nSPS) is 16.8. The van der Waals surface area contributed by atoms with E-state index in [2.05, 4.69) is 25.7 Å². The van der Waals surface area contributed by atoms with Gasteiger partial charge >= 0.3 is 0 Å². The molecule has 166 valence electrons. The molecule has 10 heteroatoms. The molecule has 3 N–H and O–H groups in total. The molecule has 1 aromatic carbocycles. The van der Waals surface area contributed by atoms with Gasteiger partial charge in [-0.3, -0.25) is 4.99 Å². The molecule has 0 saturated carbocycles. The number of aliphatic hydroxyl groups excluding tert-OH is 1. The molecular formula is C20H31IN6O3. The number of fused-ring (bicyclic) bond motifs is 1. The highest BCUT2D eigenvalue weighted by atomic mass is 127. The molecule has 2 heterocycles. The van der Waals surface area contributed by atoms with E-state index in [0.717, 1.165) is 31.0 Å². The summed E-state index contributed by atoms with van der Waals surface area (Å²) in [4.78, 5) is 9.14. The quantitative estimate of drug-likeness (QED) is 0.287. The van der Waals surface area contributed by atoms with Crippen molar-refractivity contribution in [2.45, 2.75) is 45.4 Å². The molecule has 9 nitrogen and oxygen atoms in total. The van der Waals surface area contributed by atoms with Gasteiger partial charge in [-0.25, -0.2) is 9.67 Å². The Bertz CT molecular complexity index is 835. The molecule has 2 atom stereocenters. The van der Waals surface area contributed by atoms with E-state index in [1.54, 1.807) is 32.4 Å². The number of rotatable bonds is 7. The average molecular weight is 530 g/mol. The Balaban J connectivity index is 0.00000320. The molecule has 30 heavy (non-hydrogen) atoms. The van der Waals surface area contributed by atoms with E-state index in [4.69, 9.17) is 9.47 Å². The van der Waals surface area contributed by atoms with Crippen LogP contribution in [0.2, 0.25) is 0 Å². The van der Waals surface area contributed by atoms with Gasteiger partial charge < -0.3 is 25.2 Å². The number of hydrogen-bond donors (Lipinski definition) is 3. The van der Waals surface area contributed by atoms with Crippen LogP contribution in [-0.4, -0.2) is 53.1 Å². The van der Waals surface area contributed by atoms with Gasteiger partial charge in [-0.2, -0.15) is 5.10 Å². The summed E-state index contributed by atoms with van der Waals surface area (Å²) in [5, 5.41) is 21.8. The molecule has 0 spiro atoms. The number of aromatic nitrogens is 3. The zero-order valence-electron chi connectivity index (χ0n) is 17.9. The van der Waals surface area contributed by atoms with E-state index in [1.807, 2.05) is 18.5 Å². The molecule has 1 aliphatic heterocycles. The number of methoxy groups -OCH3 is 2. The first kappa shape index (κ1) is 24.2. The number of aryl methyl sites for hydroxylation is 2. The molecule has 3 rings (SSSR count). The third-order valence-corrected chi connectivity index (χ3v) is 4.82. The van der Waals surface area contributed by atoms with Crippen LogP contribution in [0, 0.1) is 6.92 Å². The maximum Gasteiger partial charge on any atom is 0.191 e. The summed E-state index contributed by atoms with van der Waals surface area (Å²) in [7, 11) is 3.17. The van der Waals surface area contributed by atoms with Crippen LogP contribution in [0.15, 0.2) is 23.2 Å². The van der Waals surface area contributed by atoms with Crippen LogP contribution in [0.4, 0.5) is 0 Å². The highest BCUT2D eigenvalue weighted by Gasteiger charge is 2.24. The molecule has 0 saturated heterocycles. The van der Waals surface area contributed by atoms with Crippen LogP contribution in [0.1, 0.15) is 49.1 Å². The fraction of sp³-hybridized carbons (Fsp3) is 0.550. The molecule has 1 aliphatic rings. The summed E-state index contributed by atoms with van der Waals surface area (Å²) in [6.45, 7) is 5.71. The molecule has 1 aromatic heterocycles. The van der Waals surface area contributed by atoms with Crippen molar-refractivity contribution in [1.82, 2.24) is 25.4 Å². The maximum absolute atomic E-state index is 10.6. The molecule has 0 aliphatic carbocycles. The number of halogens is 1. The van der Waals surface area contributed by atoms with Gasteiger partial charge in [0.05, 0.1) is 32.9 Å². The molecule has 0 radical (unpaired) electrons. The van der Waals surface area contributed by atoms with Crippen molar-refractivity contribution in [3.63, 3.8) is 0 Å². The molecule has 2 unspecified atom stereocenters. The zero-order valence-corrected chi connectivity index (χ0v) is 20.2. The lowest BCUT2D eigenvalue weighted by Gasteiger charge is -2.25. The average Bonchev–Trinajstić information content (AvgIpc) is 3.12. The Hall–Kier alpha value is -2.08. The molecule has 0 amide bonds. The fourth-order valence-corrected chi connectivity index (χ4v) is 3.40. The molecule has 0 bridgehead atoms. The number of nitrogens with one attached hydrogen (secondary N) is 2. The van der Waals surface area contributed by atoms with Gasteiger partial charge in [-0.05, 0) is 44.4 Å². The SMILES string of the molecule is CCNC(=NCC(O)c1cc(OC)cc(OC)c1)NC1CCCn2nc(C)nc21.I. The van der Waals surface area contributed by atoms with Crippen LogP contribution in [0.5, 0.6) is 11.5 Å². The number of benzene rings is 1. The van der Waals surface area contributed by atoms with Crippen LogP contribution in [0.3, 0.4) is 0 Å². The van der Waals surface area contributed by atoms with Crippen molar-refractivity contribution >= 4 is 29.9 Å². The second kappa shape index (κ2) is 11.3. The van der Waals surface area contributed by atoms with Gasteiger partial charge in [-0.15, -0.1) is 24.0 Å². The predicted molar refractivity (Wildman–Crippen MR) is 126 cm³/mol. The van der Waals surface area contributed by atoms with E-state index in [0.29, 0.717) is 29.6 Å². The van der Waals surface area contributed by atoms with Gasteiger partial charge in [0.2, 0.25) is 0 Å². The van der Waals surface area contributed by atoms with Crippen LogP contribution in [0.25, 0.3) is 0 Å². The third kappa shape index (κ3) is 5.97. The Morgan fingerprint density at radius 1 is 1.30 bits per heavy atom. The fourth-order valence-electron chi connectivity index (χ4n) is 3.40. The van der Waals surface area contributed by atoms with Crippen molar-refractivity contribution in [3.05, 3.63) is 35.4 Å². The van der Waals surface area contributed by atoms with Gasteiger partial charge in [0.25, 0.3) is 0 Å². The number of nitrogens with zero attached hydrogens (tertiary/aromatic N) is 4. The first-order chi connectivity index (χ1) is 14.0. The lowest BCUT2D eigenvalue weighted by atomic mass is 10.1. The van der Waals surface area contributed by atoms with Crippen LogP contribution >= 0.6 is 24.0 Å². The monoisotopic (exact) mass is 530 g/mol. The third-order valence-electron chi connectivity index (χ3n) is 4.82. The Kier molecular flexibility index (Phi) is 9.15. The Morgan fingerprint density at radius 3 is 2.63 bits per heavy atom. The van der Waals surface area contributed by atoms with E-state index < -0.39 is 6.10 Å². The number of guanidine groups is 1. The highest BCUT2D eigenvalue weighted by Crippen LogP contribution is 2.27.